The first-order chi connectivity index (χ1) is 12.3. The molecular formula is C18H23NO4. The molecule has 0 N–H and O–H groups in total. The molecule has 2 bridgehead atoms. The number of piperidine rings is 1. The number of fused-ring (bicyclic) bond motifs is 2. The molecule has 3 rings (SSSR count). The van der Waals surface area contributed by atoms with Crippen LogP contribution in [0.4, 0.5) is 0 Å². The Bertz CT molecular complexity index is 664. The fourth-order valence-corrected chi connectivity index (χ4v) is 3.80. The van der Waals surface area contributed by atoms with Crippen LogP contribution >= 0.6 is 0 Å². The maximum atomic E-state index is 12.6. The van der Waals surface area contributed by atoms with Crippen molar-refractivity contribution < 1.29 is 23.2 Å². The third-order valence-corrected chi connectivity index (χ3v) is 4.97. The number of ether oxygens (including phenoxy) is 2. The van der Waals surface area contributed by atoms with Gasteiger partial charge < -0.3 is 9.47 Å². The molecular weight excluding hydrogens is 294 g/mol. The minimum absolute atomic E-state index is 0.105. The van der Waals surface area contributed by atoms with Crippen molar-refractivity contribution in [3.8, 4) is 0 Å². The molecule has 0 amide bonds. The number of rotatable bonds is 4. The number of esters is 2. The molecule has 0 aromatic heterocycles. The van der Waals surface area contributed by atoms with Crippen LogP contribution in [0.5, 0.6) is 0 Å². The lowest BCUT2D eigenvalue weighted by molar-refractivity contribution is -0.158. The normalized spacial score (nSPS) is 32.5. The van der Waals surface area contributed by atoms with E-state index in [1.165, 1.54) is 0 Å². The fraction of sp³-hybridized carbons (Fsp3) is 0.556. The van der Waals surface area contributed by atoms with Crippen molar-refractivity contribution in [3.05, 3.63) is 35.9 Å². The first-order valence-electron chi connectivity index (χ1n) is 9.41. The maximum Gasteiger partial charge on any atom is 0.338 e. The van der Waals surface area contributed by atoms with Crippen LogP contribution in [-0.4, -0.2) is 48.7 Å². The van der Waals surface area contributed by atoms with E-state index in [9.17, 15) is 9.59 Å². The first-order valence-corrected chi connectivity index (χ1v) is 7.91. The Morgan fingerprint density at radius 2 is 2.09 bits per heavy atom. The minimum Gasteiger partial charge on any atom is -0.466 e. The number of benzene rings is 1. The van der Waals surface area contributed by atoms with Crippen molar-refractivity contribution in [2.24, 2.45) is 5.92 Å². The van der Waals surface area contributed by atoms with Crippen molar-refractivity contribution in [3.63, 3.8) is 0 Å². The average molecular weight is 320 g/mol. The molecule has 2 saturated heterocycles. The monoisotopic (exact) mass is 320 g/mol. The lowest BCUT2D eigenvalue weighted by Crippen LogP contribution is -2.53. The highest BCUT2D eigenvalue weighted by Crippen LogP contribution is 2.40. The summed E-state index contributed by atoms with van der Waals surface area (Å²) in [6.07, 6.45) is 1.65. The lowest BCUT2D eigenvalue weighted by atomic mass is 9.87. The van der Waals surface area contributed by atoms with Crippen LogP contribution < -0.4 is 0 Å². The second-order valence-corrected chi connectivity index (χ2v) is 6.14. The van der Waals surface area contributed by atoms with Crippen molar-refractivity contribution in [2.45, 2.75) is 44.3 Å². The summed E-state index contributed by atoms with van der Waals surface area (Å²) in [4.78, 5) is 27.2. The maximum absolute atomic E-state index is 12.6. The first kappa shape index (κ1) is 12.5. The summed E-state index contributed by atoms with van der Waals surface area (Å²) in [5, 5.41) is 0. The summed E-state index contributed by atoms with van der Waals surface area (Å²) in [7, 11) is 1.95. The van der Waals surface area contributed by atoms with E-state index in [4.69, 9.17) is 13.6 Å². The molecule has 23 heavy (non-hydrogen) atoms. The summed E-state index contributed by atoms with van der Waals surface area (Å²) in [5.74, 6) is -1.76. The zero-order valence-corrected chi connectivity index (χ0v) is 13.1. The molecule has 0 aliphatic carbocycles. The molecule has 2 heterocycles. The van der Waals surface area contributed by atoms with Gasteiger partial charge >= 0.3 is 11.9 Å². The lowest BCUT2D eigenvalue weighted by Gasteiger charge is -2.40. The van der Waals surface area contributed by atoms with Crippen LogP contribution in [0.1, 0.15) is 40.6 Å². The van der Waals surface area contributed by atoms with E-state index in [1.54, 1.807) is 24.3 Å². The highest BCUT2D eigenvalue weighted by Gasteiger charge is 2.51. The largest absolute Gasteiger partial charge is 0.466 e. The van der Waals surface area contributed by atoms with E-state index in [1.807, 2.05) is 13.1 Å². The third-order valence-electron chi connectivity index (χ3n) is 4.97. The standard InChI is InChI=1S/C18H23NO4/c1-3-22-18(21)16-14-10-9-13(19(14)2)11-15(16)23-17(20)12-7-5-4-6-8-12/h4-8,13-16H,3,9-11H2,1-2H3/t13-,14+,15-,16+/m0/s1/i1D3. The smallest absolute Gasteiger partial charge is 0.338 e. The topological polar surface area (TPSA) is 55.8 Å². The Morgan fingerprint density at radius 1 is 1.30 bits per heavy atom. The van der Waals surface area contributed by atoms with Gasteiger partial charge in [-0.2, -0.15) is 0 Å². The molecule has 0 unspecified atom stereocenters. The zero-order valence-electron chi connectivity index (χ0n) is 16.1. The molecule has 5 nitrogen and oxygen atoms in total. The van der Waals surface area contributed by atoms with Crippen molar-refractivity contribution in [1.82, 2.24) is 4.90 Å². The number of hydrogen-bond donors (Lipinski definition) is 0. The molecule has 124 valence electrons. The molecule has 4 atom stereocenters. The van der Waals surface area contributed by atoms with Gasteiger partial charge in [0.15, 0.2) is 0 Å². The van der Waals surface area contributed by atoms with E-state index in [0.717, 1.165) is 12.8 Å². The van der Waals surface area contributed by atoms with Crippen molar-refractivity contribution in [2.75, 3.05) is 13.7 Å². The van der Waals surface area contributed by atoms with Gasteiger partial charge in [0.05, 0.1) is 12.2 Å². The van der Waals surface area contributed by atoms with Gasteiger partial charge in [0.1, 0.15) is 12.0 Å². The van der Waals surface area contributed by atoms with Crippen LogP contribution in [-0.2, 0) is 14.3 Å². The van der Waals surface area contributed by atoms with Gasteiger partial charge in [-0.3, -0.25) is 9.69 Å². The molecule has 1 aromatic rings. The molecule has 5 heteroatoms. The molecule has 2 aliphatic rings. The Balaban J connectivity index is 1.75. The van der Waals surface area contributed by atoms with Crippen LogP contribution in [0.2, 0.25) is 0 Å². The predicted molar refractivity (Wildman–Crippen MR) is 85.0 cm³/mol. The van der Waals surface area contributed by atoms with Crippen LogP contribution in [0.3, 0.4) is 0 Å². The Kier molecular flexibility index (Phi) is 3.65. The predicted octanol–water partition coefficient (Wildman–Crippen LogP) is 2.26. The van der Waals surface area contributed by atoms with Crippen LogP contribution in [0.25, 0.3) is 0 Å². The van der Waals surface area contributed by atoms with Crippen LogP contribution in [0.15, 0.2) is 30.3 Å². The fourth-order valence-electron chi connectivity index (χ4n) is 3.80. The number of carbonyl (C=O) groups excluding carboxylic acids is 2. The number of carbonyl (C=O) groups is 2. The third kappa shape index (κ3) is 3.11. The zero-order chi connectivity index (χ0) is 18.9. The van der Waals surface area contributed by atoms with E-state index in [-0.39, 0.29) is 12.1 Å². The Labute approximate surface area is 140 Å². The van der Waals surface area contributed by atoms with E-state index in [2.05, 4.69) is 4.90 Å². The average Bonchev–Trinajstić information content (AvgIpc) is 2.83. The van der Waals surface area contributed by atoms with Crippen molar-refractivity contribution >= 4 is 11.9 Å². The van der Waals surface area contributed by atoms with E-state index >= 15 is 0 Å². The van der Waals surface area contributed by atoms with Gasteiger partial charge in [-0.15, -0.1) is 0 Å². The molecule has 0 saturated carbocycles. The number of nitrogens with zero attached hydrogens (tertiary/aromatic N) is 1. The van der Waals surface area contributed by atoms with Gasteiger partial charge in [-0.1, -0.05) is 18.2 Å². The Morgan fingerprint density at radius 3 is 2.83 bits per heavy atom. The van der Waals surface area contributed by atoms with Crippen LogP contribution in [0, 0.1) is 5.92 Å². The summed E-state index contributed by atoms with van der Waals surface area (Å²) in [6, 6.07) is 8.77. The van der Waals surface area contributed by atoms with Gasteiger partial charge in [0.2, 0.25) is 0 Å². The second-order valence-electron chi connectivity index (χ2n) is 6.14. The van der Waals surface area contributed by atoms with Gasteiger partial charge in [-0.05, 0) is 38.9 Å². The highest BCUT2D eigenvalue weighted by atomic mass is 16.6. The molecule has 0 radical (unpaired) electrons. The van der Waals surface area contributed by atoms with Crippen molar-refractivity contribution in [1.29, 1.82) is 0 Å². The van der Waals surface area contributed by atoms with Gasteiger partial charge in [0, 0.05) is 22.6 Å². The minimum atomic E-state index is -2.34. The van der Waals surface area contributed by atoms with E-state index < -0.39 is 37.4 Å². The molecule has 0 spiro atoms. The second kappa shape index (κ2) is 6.71. The molecule has 2 fully saturated rings. The quantitative estimate of drug-likeness (QED) is 0.797. The molecule has 1 aromatic carbocycles. The van der Waals surface area contributed by atoms with E-state index in [0.29, 0.717) is 12.0 Å². The Hall–Kier alpha value is -1.88. The van der Waals surface area contributed by atoms with Gasteiger partial charge in [0.25, 0.3) is 0 Å². The summed E-state index contributed by atoms with van der Waals surface area (Å²) >= 11 is 0. The summed E-state index contributed by atoms with van der Waals surface area (Å²) < 4.78 is 32.4. The number of hydrogen-bond acceptors (Lipinski definition) is 5. The SMILES string of the molecule is [2H]C([2H])([2H])COC(=O)[C@H]1[C@@H](OC(=O)c2ccccc2)C[C@@H]2CC[C@H]1N2C. The summed E-state index contributed by atoms with van der Waals surface area (Å²) in [5.41, 5.74) is 0.424. The molecule has 2 aliphatic heterocycles. The highest BCUT2D eigenvalue weighted by molar-refractivity contribution is 5.89. The summed E-state index contributed by atoms with van der Waals surface area (Å²) in [6.45, 7) is -2.98. The van der Waals surface area contributed by atoms with Gasteiger partial charge in [-0.25, -0.2) is 4.79 Å².